The molecule has 0 spiro atoms. The van der Waals surface area contributed by atoms with Gasteiger partial charge in [-0.3, -0.25) is 4.79 Å². The minimum absolute atomic E-state index is 0.198. The van der Waals surface area contributed by atoms with Gasteiger partial charge in [0, 0.05) is 39.1 Å². The van der Waals surface area contributed by atoms with Crippen molar-refractivity contribution in [2.75, 3.05) is 16.8 Å². The van der Waals surface area contributed by atoms with Gasteiger partial charge in [0.25, 0.3) is 5.91 Å². The van der Waals surface area contributed by atoms with E-state index in [1.165, 1.54) is 36.3 Å². The molecular weight excluding hydrogens is 399 g/mol. The van der Waals surface area contributed by atoms with Crippen molar-refractivity contribution in [3.63, 3.8) is 0 Å². The molecule has 4 rings (SSSR count). The number of fused-ring (bicyclic) bond motifs is 1. The van der Waals surface area contributed by atoms with E-state index in [9.17, 15) is 4.79 Å². The average Bonchev–Trinajstić information content (AvgIpc) is 2.99. The predicted molar refractivity (Wildman–Crippen MR) is 117 cm³/mol. The monoisotopic (exact) mass is 418 g/mol. The van der Waals surface area contributed by atoms with E-state index >= 15 is 0 Å². The summed E-state index contributed by atoms with van der Waals surface area (Å²) in [6.07, 6.45) is 3.76. The summed E-state index contributed by atoms with van der Waals surface area (Å²) >= 11 is 13.8. The smallest absolute Gasteiger partial charge is 0.267 e. The largest absolute Gasteiger partial charge is 0.369 e. The number of hydrogen-bond acceptors (Lipinski definition) is 3. The van der Waals surface area contributed by atoms with Crippen LogP contribution in [0.1, 0.15) is 35.9 Å². The van der Waals surface area contributed by atoms with E-state index in [0.717, 1.165) is 22.3 Å². The molecule has 2 aromatic carbocycles. The van der Waals surface area contributed by atoms with Crippen LogP contribution in [0.2, 0.25) is 10.0 Å². The number of amides is 1. The van der Waals surface area contributed by atoms with Crippen LogP contribution in [-0.4, -0.2) is 18.5 Å². The summed E-state index contributed by atoms with van der Waals surface area (Å²) < 4.78 is 0.909. The number of benzene rings is 2. The van der Waals surface area contributed by atoms with Gasteiger partial charge in [0.1, 0.15) is 4.88 Å². The topological polar surface area (TPSA) is 32.3 Å². The van der Waals surface area contributed by atoms with Gasteiger partial charge in [0.2, 0.25) is 0 Å². The molecule has 1 atom stereocenters. The van der Waals surface area contributed by atoms with Crippen molar-refractivity contribution in [1.82, 2.24) is 0 Å². The quantitative estimate of drug-likeness (QED) is 0.504. The molecule has 0 bridgehead atoms. The summed E-state index contributed by atoms with van der Waals surface area (Å²) in [5.41, 5.74) is 1.97. The number of anilines is 2. The molecule has 3 nitrogen and oxygen atoms in total. The third kappa shape index (κ3) is 3.79. The first kappa shape index (κ1) is 18.6. The van der Waals surface area contributed by atoms with Crippen LogP contribution >= 0.6 is 34.5 Å². The van der Waals surface area contributed by atoms with E-state index in [-0.39, 0.29) is 5.91 Å². The van der Waals surface area contributed by atoms with Crippen LogP contribution < -0.4 is 10.2 Å². The lowest BCUT2D eigenvalue weighted by Gasteiger charge is -2.35. The van der Waals surface area contributed by atoms with Crippen molar-refractivity contribution in [2.24, 2.45) is 0 Å². The summed E-state index contributed by atoms with van der Waals surface area (Å²) in [5.74, 6) is -0.198. The Morgan fingerprint density at radius 2 is 1.93 bits per heavy atom. The Kier molecular flexibility index (Phi) is 5.31. The Balaban J connectivity index is 1.52. The molecule has 0 aliphatic carbocycles. The molecule has 1 aromatic heterocycles. The fourth-order valence-electron chi connectivity index (χ4n) is 3.59. The molecule has 3 aromatic rings. The van der Waals surface area contributed by atoms with Crippen molar-refractivity contribution in [1.29, 1.82) is 0 Å². The van der Waals surface area contributed by atoms with Crippen molar-refractivity contribution < 1.29 is 4.79 Å². The van der Waals surface area contributed by atoms with E-state index in [2.05, 4.69) is 29.3 Å². The lowest BCUT2D eigenvalue weighted by Crippen LogP contribution is -2.37. The zero-order valence-corrected chi connectivity index (χ0v) is 17.3. The Bertz CT molecular complexity index is 984. The molecule has 1 aliphatic heterocycles. The molecule has 1 fully saturated rings. The molecule has 0 saturated carbocycles. The highest BCUT2D eigenvalue weighted by molar-refractivity contribution is 7.21. The van der Waals surface area contributed by atoms with Crippen molar-refractivity contribution in [3.05, 3.63) is 57.4 Å². The summed E-state index contributed by atoms with van der Waals surface area (Å²) in [6.45, 7) is 3.36. The first-order valence-corrected chi connectivity index (χ1v) is 10.7. The zero-order valence-electron chi connectivity index (χ0n) is 15.0. The highest BCUT2D eigenvalue weighted by Gasteiger charge is 2.20. The van der Waals surface area contributed by atoms with Crippen molar-refractivity contribution >= 4 is 61.9 Å². The number of thiophene rings is 1. The maximum Gasteiger partial charge on any atom is 0.267 e. The molecular formula is C21H20Cl2N2OS. The van der Waals surface area contributed by atoms with Gasteiger partial charge >= 0.3 is 0 Å². The third-order valence-corrected chi connectivity index (χ3v) is 6.95. The van der Waals surface area contributed by atoms with Gasteiger partial charge in [-0.05, 0) is 62.6 Å². The number of carbonyl (C=O) groups excluding carboxylic acids is 1. The number of nitrogens with zero attached hydrogens (tertiary/aromatic N) is 1. The first-order valence-electron chi connectivity index (χ1n) is 9.08. The Hall–Kier alpha value is -1.75. The second-order valence-electron chi connectivity index (χ2n) is 6.92. The Morgan fingerprint density at radius 1 is 1.15 bits per heavy atom. The lowest BCUT2D eigenvalue weighted by molar-refractivity contribution is 0.103. The average molecular weight is 419 g/mol. The van der Waals surface area contributed by atoms with Crippen LogP contribution in [0.4, 0.5) is 11.4 Å². The minimum Gasteiger partial charge on any atom is -0.369 e. The lowest BCUT2D eigenvalue weighted by atomic mass is 10.0. The van der Waals surface area contributed by atoms with E-state index in [1.54, 1.807) is 6.07 Å². The van der Waals surface area contributed by atoms with Crippen LogP contribution in [0, 0.1) is 0 Å². The van der Waals surface area contributed by atoms with E-state index in [4.69, 9.17) is 23.2 Å². The van der Waals surface area contributed by atoms with Gasteiger partial charge in [-0.2, -0.15) is 0 Å². The van der Waals surface area contributed by atoms with E-state index in [0.29, 0.717) is 21.0 Å². The Labute approximate surface area is 172 Å². The molecule has 140 valence electrons. The standard InChI is InChI=1S/C21H20Cl2N2OS/c1-13-4-2-3-11-25(13)16-8-6-15(7-9-16)24-21(26)20-19(23)17-10-5-14(22)12-18(17)27-20/h5-10,12-13H,2-4,11H2,1H3,(H,24,26)/t13-/m0/s1. The summed E-state index contributed by atoms with van der Waals surface area (Å²) in [6, 6.07) is 14.1. The first-order chi connectivity index (χ1) is 13.0. The van der Waals surface area contributed by atoms with Gasteiger partial charge in [0.15, 0.2) is 0 Å². The zero-order chi connectivity index (χ0) is 19.0. The van der Waals surface area contributed by atoms with Crippen LogP contribution in [-0.2, 0) is 0 Å². The number of piperidine rings is 1. The van der Waals surface area contributed by atoms with Gasteiger partial charge < -0.3 is 10.2 Å². The van der Waals surface area contributed by atoms with Gasteiger partial charge in [-0.1, -0.05) is 29.3 Å². The van der Waals surface area contributed by atoms with E-state index in [1.807, 2.05) is 24.3 Å². The van der Waals surface area contributed by atoms with Gasteiger partial charge in [0.05, 0.1) is 5.02 Å². The van der Waals surface area contributed by atoms with Crippen LogP contribution in [0.5, 0.6) is 0 Å². The minimum atomic E-state index is -0.198. The van der Waals surface area contributed by atoms with Crippen LogP contribution in [0.3, 0.4) is 0 Å². The maximum absolute atomic E-state index is 12.7. The Morgan fingerprint density at radius 3 is 2.67 bits per heavy atom. The highest BCUT2D eigenvalue weighted by Crippen LogP contribution is 2.37. The molecule has 0 radical (unpaired) electrons. The SMILES string of the molecule is C[C@H]1CCCCN1c1ccc(NC(=O)c2sc3cc(Cl)ccc3c2Cl)cc1. The molecule has 27 heavy (non-hydrogen) atoms. The number of hydrogen-bond donors (Lipinski definition) is 1. The third-order valence-electron chi connectivity index (χ3n) is 5.06. The second-order valence-corrected chi connectivity index (χ2v) is 8.79. The highest BCUT2D eigenvalue weighted by atomic mass is 35.5. The molecule has 1 saturated heterocycles. The number of carbonyl (C=O) groups is 1. The summed E-state index contributed by atoms with van der Waals surface area (Å²) in [7, 11) is 0. The van der Waals surface area contributed by atoms with Crippen molar-refractivity contribution in [2.45, 2.75) is 32.2 Å². The van der Waals surface area contributed by atoms with Crippen molar-refractivity contribution in [3.8, 4) is 0 Å². The van der Waals surface area contributed by atoms with E-state index < -0.39 is 0 Å². The van der Waals surface area contributed by atoms with Gasteiger partial charge in [-0.25, -0.2) is 0 Å². The molecule has 1 aliphatic rings. The summed E-state index contributed by atoms with van der Waals surface area (Å²) in [5, 5.41) is 4.91. The second kappa shape index (κ2) is 7.70. The fraction of sp³-hybridized carbons (Fsp3) is 0.286. The predicted octanol–water partition coefficient (Wildman–Crippen LogP) is 6.84. The maximum atomic E-state index is 12.7. The molecule has 0 unspecified atom stereocenters. The van der Waals surface area contributed by atoms with Crippen LogP contribution in [0.25, 0.3) is 10.1 Å². The molecule has 2 heterocycles. The normalized spacial score (nSPS) is 17.3. The molecule has 1 N–H and O–H groups in total. The van der Waals surface area contributed by atoms with Gasteiger partial charge in [-0.15, -0.1) is 11.3 Å². The number of halogens is 2. The number of nitrogens with one attached hydrogen (secondary N) is 1. The molecule has 1 amide bonds. The summed E-state index contributed by atoms with van der Waals surface area (Å²) in [4.78, 5) is 15.6. The van der Waals surface area contributed by atoms with Crippen LogP contribution in [0.15, 0.2) is 42.5 Å². The molecule has 6 heteroatoms. The number of rotatable bonds is 3. The fourth-order valence-corrected chi connectivity index (χ4v) is 5.28.